The molecule has 0 saturated carbocycles. The fourth-order valence-electron chi connectivity index (χ4n) is 2.41. The number of likely N-dealkylation sites (tertiary alicyclic amines) is 1. The summed E-state index contributed by atoms with van der Waals surface area (Å²) in [7, 11) is 1.68. The van der Waals surface area contributed by atoms with E-state index >= 15 is 0 Å². The Morgan fingerprint density at radius 2 is 2.11 bits per heavy atom. The van der Waals surface area contributed by atoms with Crippen molar-refractivity contribution in [1.29, 1.82) is 0 Å². The molecule has 0 aromatic heterocycles. The van der Waals surface area contributed by atoms with Gasteiger partial charge in [0.1, 0.15) is 5.75 Å². The van der Waals surface area contributed by atoms with E-state index in [1.165, 1.54) is 19.3 Å². The van der Waals surface area contributed by atoms with E-state index in [1.807, 2.05) is 24.3 Å². The maximum Gasteiger partial charge on any atom is 0.173 e. The number of thiocarbonyl (C=S) groups is 1. The fraction of sp³-hybridized carbons (Fsp3) is 0.533. The second-order valence-corrected chi connectivity index (χ2v) is 5.54. The third kappa shape index (κ3) is 3.83. The number of hydrogen-bond acceptors (Lipinski definition) is 2. The lowest BCUT2D eigenvalue weighted by Crippen LogP contribution is -2.35. The van der Waals surface area contributed by atoms with Crippen molar-refractivity contribution in [2.24, 2.45) is 5.92 Å². The molecule has 0 spiro atoms. The summed E-state index contributed by atoms with van der Waals surface area (Å²) in [5.74, 6) is 1.63. The number of nitrogens with zero attached hydrogens (tertiary/aromatic N) is 1. The minimum atomic E-state index is 0.804. The molecule has 0 bridgehead atoms. The molecule has 1 unspecified atom stereocenters. The van der Waals surface area contributed by atoms with Crippen molar-refractivity contribution >= 4 is 23.0 Å². The fourth-order valence-corrected chi connectivity index (χ4v) is 2.70. The zero-order valence-corrected chi connectivity index (χ0v) is 12.5. The third-order valence-electron chi connectivity index (χ3n) is 3.65. The van der Waals surface area contributed by atoms with Crippen molar-refractivity contribution in [3.63, 3.8) is 0 Å². The topological polar surface area (TPSA) is 24.5 Å². The third-order valence-corrected chi connectivity index (χ3v) is 4.01. The van der Waals surface area contributed by atoms with Gasteiger partial charge in [0.2, 0.25) is 0 Å². The maximum atomic E-state index is 5.52. The van der Waals surface area contributed by atoms with Crippen LogP contribution in [0.25, 0.3) is 0 Å². The molecule has 2 rings (SSSR count). The number of methoxy groups -OCH3 is 1. The van der Waals surface area contributed by atoms with E-state index in [-0.39, 0.29) is 0 Å². The standard InChI is InChI=1S/C15H22N2OS/c1-12-6-5-10-17(11-9-12)15(19)16-13-7-3-4-8-14(13)18-2/h3-4,7-8,12H,5-6,9-11H2,1-2H3,(H,16,19). The molecular formula is C15H22N2OS. The number of ether oxygens (including phenoxy) is 1. The highest BCUT2D eigenvalue weighted by Gasteiger charge is 2.16. The van der Waals surface area contributed by atoms with Gasteiger partial charge in [0.25, 0.3) is 0 Å². The van der Waals surface area contributed by atoms with Crippen LogP contribution in [0.1, 0.15) is 26.2 Å². The molecule has 1 N–H and O–H groups in total. The minimum Gasteiger partial charge on any atom is -0.495 e. The summed E-state index contributed by atoms with van der Waals surface area (Å²) in [5.41, 5.74) is 0.937. The Morgan fingerprint density at radius 3 is 2.89 bits per heavy atom. The Morgan fingerprint density at radius 1 is 1.32 bits per heavy atom. The molecule has 1 saturated heterocycles. The van der Waals surface area contributed by atoms with E-state index in [9.17, 15) is 0 Å². The van der Waals surface area contributed by atoms with Gasteiger partial charge in [-0.15, -0.1) is 0 Å². The maximum absolute atomic E-state index is 5.52. The molecule has 1 atom stereocenters. The van der Waals surface area contributed by atoms with E-state index in [0.29, 0.717) is 0 Å². The first-order valence-corrected chi connectivity index (χ1v) is 7.30. The molecular weight excluding hydrogens is 256 g/mol. The van der Waals surface area contributed by atoms with Gasteiger partial charge in [-0.3, -0.25) is 0 Å². The van der Waals surface area contributed by atoms with Crippen molar-refractivity contribution in [2.75, 3.05) is 25.5 Å². The molecule has 1 aromatic rings. The van der Waals surface area contributed by atoms with Gasteiger partial charge in [0.05, 0.1) is 12.8 Å². The highest BCUT2D eigenvalue weighted by molar-refractivity contribution is 7.80. The Kier molecular flexibility index (Phi) is 5.02. The smallest absolute Gasteiger partial charge is 0.173 e. The van der Waals surface area contributed by atoms with Crippen LogP contribution in [-0.4, -0.2) is 30.2 Å². The van der Waals surface area contributed by atoms with Crippen LogP contribution < -0.4 is 10.1 Å². The van der Waals surface area contributed by atoms with Crippen LogP contribution in [0, 0.1) is 5.92 Å². The highest BCUT2D eigenvalue weighted by Crippen LogP contribution is 2.24. The van der Waals surface area contributed by atoms with E-state index in [2.05, 4.69) is 17.1 Å². The number of rotatable bonds is 2. The molecule has 1 aliphatic rings. The predicted octanol–water partition coefficient (Wildman–Crippen LogP) is 3.51. The molecule has 0 radical (unpaired) electrons. The number of hydrogen-bond donors (Lipinski definition) is 1. The van der Waals surface area contributed by atoms with E-state index < -0.39 is 0 Å². The van der Waals surface area contributed by atoms with Crippen LogP contribution in [0.3, 0.4) is 0 Å². The summed E-state index contributed by atoms with van der Waals surface area (Å²) >= 11 is 5.52. The van der Waals surface area contributed by atoms with Crippen LogP contribution in [0.4, 0.5) is 5.69 Å². The Balaban J connectivity index is 2.00. The van der Waals surface area contributed by atoms with Crippen molar-refractivity contribution in [3.8, 4) is 5.75 Å². The first-order chi connectivity index (χ1) is 9.20. The van der Waals surface area contributed by atoms with Gasteiger partial charge in [-0.1, -0.05) is 19.1 Å². The lowest BCUT2D eigenvalue weighted by Gasteiger charge is -2.24. The first-order valence-electron chi connectivity index (χ1n) is 6.89. The Hall–Kier alpha value is -1.29. The molecule has 4 heteroatoms. The molecule has 19 heavy (non-hydrogen) atoms. The summed E-state index contributed by atoms with van der Waals surface area (Å²) in [6.07, 6.45) is 3.73. The second kappa shape index (κ2) is 6.75. The summed E-state index contributed by atoms with van der Waals surface area (Å²) in [4.78, 5) is 2.27. The second-order valence-electron chi connectivity index (χ2n) is 5.15. The van der Waals surface area contributed by atoms with Gasteiger partial charge in [-0.05, 0) is 49.5 Å². The average Bonchev–Trinajstić information content (AvgIpc) is 2.64. The quantitative estimate of drug-likeness (QED) is 0.837. The van der Waals surface area contributed by atoms with Crippen molar-refractivity contribution < 1.29 is 4.74 Å². The first kappa shape index (κ1) is 14.1. The van der Waals surface area contributed by atoms with Crippen molar-refractivity contribution in [2.45, 2.75) is 26.2 Å². The zero-order valence-electron chi connectivity index (χ0n) is 11.7. The minimum absolute atomic E-state index is 0.804. The summed E-state index contributed by atoms with van der Waals surface area (Å²) < 4.78 is 5.33. The number of para-hydroxylation sites is 2. The number of nitrogens with one attached hydrogen (secondary N) is 1. The van der Waals surface area contributed by atoms with Crippen LogP contribution in [0.5, 0.6) is 5.75 Å². The van der Waals surface area contributed by atoms with Crippen molar-refractivity contribution in [1.82, 2.24) is 4.90 Å². The average molecular weight is 278 g/mol. The Labute approximate surface area is 120 Å². The number of anilines is 1. The zero-order chi connectivity index (χ0) is 13.7. The highest BCUT2D eigenvalue weighted by atomic mass is 32.1. The summed E-state index contributed by atoms with van der Waals surface area (Å²) in [6.45, 7) is 4.41. The number of benzene rings is 1. The van der Waals surface area contributed by atoms with Crippen LogP contribution >= 0.6 is 12.2 Å². The van der Waals surface area contributed by atoms with E-state index in [1.54, 1.807) is 7.11 Å². The van der Waals surface area contributed by atoms with Gasteiger partial charge >= 0.3 is 0 Å². The molecule has 1 heterocycles. The van der Waals surface area contributed by atoms with Gasteiger partial charge < -0.3 is 15.0 Å². The molecule has 104 valence electrons. The normalized spacial score (nSPS) is 19.7. The molecule has 1 aromatic carbocycles. The van der Waals surface area contributed by atoms with E-state index in [0.717, 1.165) is 35.6 Å². The molecule has 0 aliphatic carbocycles. The van der Waals surface area contributed by atoms with Gasteiger partial charge in [-0.25, -0.2) is 0 Å². The van der Waals surface area contributed by atoms with Gasteiger partial charge in [0.15, 0.2) is 5.11 Å². The lowest BCUT2D eigenvalue weighted by atomic mass is 10.0. The molecule has 3 nitrogen and oxygen atoms in total. The lowest BCUT2D eigenvalue weighted by molar-refractivity contribution is 0.415. The van der Waals surface area contributed by atoms with Crippen LogP contribution in [0.2, 0.25) is 0 Å². The van der Waals surface area contributed by atoms with Crippen molar-refractivity contribution in [3.05, 3.63) is 24.3 Å². The van der Waals surface area contributed by atoms with E-state index in [4.69, 9.17) is 17.0 Å². The Bertz CT molecular complexity index is 436. The SMILES string of the molecule is COc1ccccc1NC(=S)N1CCCC(C)CC1. The largest absolute Gasteiger partial charge is 0.495 e. The molecule has 1 aliphatic heterocycles. The molecule has 0 amide bonds. The van der Waals surface area contributed by atoms with Gasteiger partial charge in [-0.2, -0.15) is 0 Å². The molecule has 1 fully saturated rings. The van der Waals surface area contributed by atoms with Crippen LogP contribution in [0.15, 0.2) is 24.3 Å². The monoisotopic (exact) mass is 278 g/mol. The summed E-state index contributed by atoms with van der Waals surface area (Å²) in [6, 6.07) is 7.87. The van der Waals surface area contributed by atoms with Crippen LogP contribution in [-0.2, 0) is 0 Å². The predicted molar refractivity (Wildman–Crippen MR) is 83.8 cm³/mol. The summed E-state index contributed by atoms with van der Waals surface area (Å²) in [5, 5.41) is 4.11. The van der Waals surface area contributed by atoms with Gasteiger partial charge in [0, 0.05) is 13.1 Å².